The number of rotatable bonds is 0. The normalized spacial score (nSPS) is 54.6. The van der Waals surface area contributed by atoms with Gasteiger partial charge in [0.1, 0.15) is 6.23 Å². The van der Waals surface area contributed by atoms with Crippen molar-refractivity contribution in [3.8, 4) is 0 Å². The van der Waals surface area contributed by atoms with Gasteiger partial charge in [-0.2, -0.15) is 0 Å². The molecule has 0 aromatic heterocycles. The van der Waals surface area contributed by atoms with Crippen LogP contribution >= 0.6 is 0 Å². The largest absolute Gasteiger partial charge is 0.389 e. The average Bonchev–Trinajstić information content (AvgIpc) is 2.34. The number of aliphatic hydroxyl groups excluding tert-OH is 2. The van der Waals surface area contributed by atoms with E-state index >= 15 is 0 Å². The predicted molar refractivity (Wildman–Crippen MR) is 54.6 cm³/mol. The molecule has 14 heavy (non-hydrogen) atoms. The van der Waals surface area contributed by atoms with Crippen LogP contribution in [0, 0.1) is 17.8 Å². The molecule has 1 aliphatic carbocycles. The summed E-state index contributed by atoms with van der Waals surface area (Å²) < 4.78 is 0. The van der Waals surface area contributed by atoms with Crippen LogP contribution in [0.3, 0.4) is 0 Å². The Kier molecular flexibility index (Phi) is 2.58. The lowest BCUT2D eigenvalue weighted by Gasteiger charge is -2.37. The summed E-state index contributed by atoms with van der Waals surface area (Å²) in [6, 6.07) is 0.381. The first kappa shape index (κ1) is 10.4. The molecule has 82 valence electrons. The van der Waals surface area contributed by atoms with Crippen molar-refractivity contribution in [3.05, 3.63) is 0 Å². The van der Waals surface area contributed by atoms with E-state index in [1.807, 2.05) is 11.9 Å². The predicted octanol–water partition coefficient (Wildman–Crippen LogP) is 0.662. The number of fused-ring (bicyclic) bond motifs is 1. The summed E-state index contributed by atoms with van der Waals surface area (Å²) >= 11 is 0. The quantitative estimate of drug-likeness (QED) is 0.602. The molecule has 2 aliphatic rings. The highest BCUT2D eigenvalue weighted by atomic mass is 16.3. The van der Waals surface area contributed by atoms with E-state index in [1.165, 1.54) is 0 Å². The molecular formula is C11H21NO2. The fourth-order valence-electron chi connectivity index (χ4n) is 3.10. The molecule has 0 aromatic carbocycles. The Hall–Kier alpha value is -0.120. The van der Waals surface area contributed by atoms with Gasteiger partial charge in [0.25, 0.3) is 0 Å². The fourth-order valence-corrected chi connectivity index (χ4v) is 3.10. The second-order valence-corrected chi connectivity index (χ2v) is 5.23. The van der Waals surface area contributed by atoms with Gasteiger partial charge in [-0.25, -0.2) is 0 Å². The van der Waals surface area contributed by atoms with E-state index in [0.717, 1.165) is 12.8 Å². The molecule has 0 amide bonds. The van der Waals surface area contributed by atoms with E-state index in [9.17, 15) is 10.2 Å². The maximum absolute atomic E-state index is 9.88. The highest BCUT2D eigenvalue weighted by Gasteiger charge is 2.49. The number of aliphatic hydroxyl groups is 2. The third-order valence-electron chi connectivity index (χ3n) is 4.41. The molecule has 6 atom stereocenters. The Labute approximate surface area is 85.7 Å². The van der Waals surface area contributed by atoms with Gasteiger partial charge in [0, 0.05) is 12.0 Å². The van der Waals surface area contributed by atoms with Gasteiger partial charge in [0.2, 0.25) is 0 Å². The third-order valence-corrected chi connectivity index (χ3v) is 4.41. The minimum Gasteiger partial charge on any atom is -0.389 e. The summed E-state index contributed by atoms with van der Waals surface area (Å²) in [6.07, 6.45) is 0.965. The van der Waals surface area contributed by atoms with E-state index in [4.69, 9.17) is 0 Å². The van der Waals surface area contributed by atoms with Crippen molar-refractivity contribution in [1.82, 2.24) is 4.90 Å². The van der Waals surface area contributed by atoms with Gasteiger partial charge in [0.05, 0.1) is 6.10 Å². The Morgan fingerprint density at radius 3 is 2.29 bits per heavy atom. The Morgan fingerprint density at radius 2 is 1.64 bits per heavy atom. The number of likely N-dealkylation sites (N-methyl/N-ethyl adjacent to an activating group) is 1. The molecule has 2 N–H and O–H groups in total. The lowest BCUT2D eigenvalue weighted by molar-refractivity contribution is -0.0365. The maximum Gasteiger partial charge on any atom is 0.133 e. The minimum absolute atomic E-state index is 0.279. The summed E-state index contributed by atoms with van der Waals surface area (Å²) in [6.45, 7) is 4.52. The van der Waals surface area contributed by atoms with Gasteiger partial charge in [0.15, 0.2) is 0 Å². The zero-order valence-electron chi connectivity index (χ0n) is 9.22. The molecule has 3 heteroatoms. The molecule has 2 fully saturated rings. The highest BCUT2D eigenvalue weighted by Crippen LogP contribution is 2.42. The maximum atomic E-state index is 9.88. The molecule has 1 aliphatic heterocycles. The smallest absolute Gasteiger partial charge is 0.133 e. The SMILES string of the molecule is CC1CC2C(O)C(O)N(C)C2CC1C. The summed E-state index contributed by atoms with van der Waals surface area (Å²) in [5.41, 5.74) is 0. The van der Waals surface area contributed by atoms with Crippen molar-refractivity contribution in [3.63, 3.8) is 0 Å². The molecular weight excluding hydrogens is 178 g/mol. The van der Waals surface area contributed by atoms with E-state index in [1.54, 1.807) is 0 Å². The zero-order valence-corrected chi connectivity index (χ0v) is 9.22. The lowest BCUT2D eigenvalue weighted by atomic mass is 9.72. The van der Waals surface area contributed by atoms with Crippen molar-refractivity contribution in [2.24, 2.45) is 17.8 Å². The first-order chi connectivity index (χ1) is 6.52. The summed E-state index contributed by atoms with van der Waals surface area (Å²) in [5.74, 6) is 1.65. The molecule has 0 bridgehead atoms. The van der Waals surface area contributed by atoms with Gasteiger partial charge in [-0.05, 0) is 31.7 Å². The molecule has 1 heterocycles. The zero-order chi connectivity index (χ0) is 10.5. The molecule has 3 nitrogen and oxygen atoms in total. The van der Waals surface area contributed by atoms with Crippen LogP contribution in [0.2, 0.25) is 0 Å². The number of hydrogen-bond donors (Lipinski definition) is 2. The van der Waals surface area contributed by atoms with Gasteiger partial charge in [-0.1, -0.05) is 13.8 Å². The Bertz CT molecular complexity index is 199. The van der Waals surface area contributed by atoms with Crippen LogP contribution in [0.4, 0.5) is 0 Å². The monoisotopic (exact) mass is 199 g/mol. The van der Waals surface area contributed by atoms with E-state index in [2.05, 4.69) is 13.8 Å². The van der Waals surface area contributed by atoms with Crippen LogP contribution in [-0.2, 0) is 0 Å². The third kappa shape index (κ3) is 1.38. The first-order valence-corrected chi connectivity index (χ1v) is 5.60. The lowest BCUT2D eigenvalue weighted by Crippen LogP contribution is -2.39. The van der Waals surface area contributed by atoms with Crippen molar-refractivity contribution >= 4 is 0 Å². The van der Waals surface area contributed by atoms with Crippen molar-refractivity contribution < 1.29 is 10.2 Å². The Morgan fingerprint density at radius 1 is 1.07 bits per heavy atom. The van der Waals surface area contributed by atoms with Crippen LogP contribution in [-0.4, -0.2) is 40.5 Å². The van der Waals surface area contributed by atoms with Gasteiger partial charge < -0.3 is 10.2 Å². The van der Waals surface area contributed by atoms with E-state index in [0.29, 0.717) is 17.9 Å². The number of likely N-dealkylation sites (tertiary alicyclic amines) is 1. The summed E-state index contributed by atoms with van der Waals surface area (Å²) in [7, 11) is 1.92. The minimum atomic E-state index is -0.650. The first-order valence-electron chi connectivity index (χ1n) is 5.60. The van der Waals surface area contributed by atoms with Crippen LogP contribution in [0.25, 0.3) is 0 Å². The topological polar surface area (TPSA) is 43.7 Å². The van der Waals surface area contributed by atoms with Crippen molar-refractivity contribution in [1.29, 1.82) is 0 Å². The van der Waals surface area contributed by atoms with E-state index in [-0.39, 0.29) is 5.92 Å². The Balaban J connectivity index is 2.15. The van der Waals surface area contributed by atoms with Gasteiger partial charge in [-0.3, -0.25) is 4.90 Å². The molecule has 1 saturated carbocycles. The summed E-state index contributed by atoms with van der Waals surface area (Å²) in [5, 5.41) is 19.6. The molecule has 2 rings (SSSR count). The van der Waals surface area contributed by atoms with Crippen LogP contribution in [0.1, 0.15) is 26.7 Å². The molecule has 0 spiro atoms. The van der Waals surface area contributed by atoms with Crippen LogP contribution < -0.4 is 0 Å². The van der Waals surface area contributed by atoms with Crippen molar-refractivity contribution in [2.75, 3.05) is 7.05 Å². The average molecular weight is 199 g/mol. The highest BCUT2D eigenvalue weighted by molar-refractivity contribution is 4.99. The van der Waals surface area contributed by atoms with Crippen LogP contribution in [0.15, 0.2) is 0 Å². The standard InChI is InChI=1S/C11H21NO2/c1-6-4-8-9(5-7(6)2)12(3)11(14)10(8)13/h6-11,13-14H,4-5H2,1-3H3. The number of nitrogens with zero attached hydrogens (tertiary/aromatic N) is 1. The fraction of sp³-hybridized carbons (Fsp3) is 1.00. The number of hydrogen-bond acceptors (Lipinski definition) is 3. The second-order valence-electron chi connectivity index (χ2n) is 5.23. The molecule has 1 saturated heterocycles. The molecule has 6 unspecified atom stereocenters. The second kappa shape index (κ2) is 3.47. The molecule has 0 radical (unpaired) electrons. The molecule has 0 aromatic rings. The van der Waals surface area contributed by atoms with Crippen molar-refractivity contribution in [2.45, 2.75) is 45.1 Å². The van der Waals surface area contributed by atoms with Crippen LogP contribution in [0.5, 0.6) is 0 Å². The summed E-state index contributed by atoms with van der Waals surface area (Å²) in [4.78, 5) is 1.94. The van der Waals surface area contributed by atoms with E-state index < -0.39 is 12.3 Å². The van der Waals surface area contributed by atoms with Gasteiger partial charge >= 0.3 is 0 Å². The van der Waals surface area contributed by atoms with Gasteiger partial charge in [-0.15, -0.1) is 0 Å².